The lowest BCUT2D eigenvalue weighted by Crippen LogP contribution is -2.54. The molecule has 0 aromatic rings. The highest BCUT2D eigenvalue weighted by Crippen LogP contribution is 2.32. The van der Waals surface area contributed by atoms with Crippen LogP contribution in [0.5, 0.6) is 0 Å². The average Bonchev–Trinajstić information content (AvgIpc) is 2.64. The van der Waals surface area contributed by atoms with Crippen LogP contribution in [-0.2, 0) is 9.53 Å². The molecule has 3 unspecified atom stereocenters. The van der Waals surface area contributed by atoms with E-state index in [1.54, 1.807) is 7.11 Å². The minimum absolute atomic E-state index is 0.104. The second-order valence-corrected chi connectivity index (χ2v) is 6.38. The normalized spacial score (nSPS) is 37.8. The zero-order valence-corrected chi connectivity index (χ0v) is 12.2. The van der Waals surface area contributed by atoms with Crippen molar-refractivity contribution in [2.75, 3.05) is 20.2 Å². The molecule has 1 aliphatic heterocycles. The van der Waals surface area contributed by atoms with Crippen molar-refractivity contribution in [3.05, 3.63) is 0 Å². The van der Waals surface area contributed by atoms with Gasteiger partial charge in [0.25, 0.3) is 0 Å². The number of carboxylic acid groups (broad SMARTS) is 1. The fourth-order valence-corrected chi connectivity index (χ4v) is 3.71. The van der Waals surface area contributed by atoms with E-state index in [4.69, 9.17) is 4.74 Å². The summed E-state index contributed by atoms with van der Waals surface area (Å²) in [5, 5.41) is 9.49. The average molecular weight is 269 g/mol. The maximum atomic E-state index is 11.5. The van der Waals surface area contributed by atoms with Crippen LogP contribution in [0.4, 0.5) is 0 Å². The lowest BCUT2D eigenvalue weighted by molar-refractivity contribution is -0.146. The number of likely N-dealkylation sites (tertiary alicyclic amines) is 1. The summed E-state index contributed by atoms with van der Waals surface area (Å²) in [6.45, 7) is 4.04. The summed E-state index contributed by atoms with van der Waals surface area (Å²) in [4.78, 5) is 13.9. The van der Waals surface area contributed by atoms with Crippen LogP contribution in [-0.4, -0.2) is 47.8 Å². The summed E-state index contributed by atoms with van der Waals surface area (Å²) in [6, 6.07) is 0.203. The van der Waals surface area contributed by atoms with Gasteiger partial charge in [0, 0.05) is 19.7 Å². The largest absolute Gasteiger partial charge is 0.481 e. The number of methoxy groups -OCH3 is 1. The molecular formula is C15H27NO3. The summed E-state index contributed by atoms with van der Waals surface area (Å²) in [5.74, 6) is -0.807. The van der Waals surface area contributed by atoms with Crippen LogP contribution in [0.2, 0.25) is 0 Å². The Morgan fingerprint density at radius 1 is 1.26 bits per heavy atom. The number of piperidine rings is 1. The second kappa shape index (κ2) is 6.23. The van der Waals surface area contributed by atoms with Gasteiger partial charge in [-0.1, -0.05) is 19.3 Å². The highest BCUT2D eigenvalue weighted by molar-refractivity contribution is 5.71. The van der Waals surface area contributed by atoms with E-state index in [2.05, 4.69) is 11.8 Å². The molecule has 4 heteroatoms. The van der Waals surface area contributed by atoms with E-state index < -0.39 is 5.97 Å². The molecular weight excluding hydrogens is 242 g/mol. The number of nitrogens with zero attached hydrogens (tertiary/aromatic N) is 1. The number of carbonyl (C=O) groups is 1. The number of ether oxygens (including phenoxy) is 1. The molecule has 1 heterocycles. The predicted octanol–water partition coefficient (Wildman–Crippen LogP) is 2.52. The van der Waals surface area contributed by atoms with Crippen molar-refractivity contribution in [1.82, 2.24) is 4.90 Å². The summed E-state index contributed by atoms with van der Waals surface area (Å²) in [7, 11) is 1.77. The third kappa shape index (κ3) is 3.48. The Hall–Kier alpha value is -0.610. The Labute approximate surface area is 116 Å². The second-order valence-electron chi connectivity index (χ2n) is 6.38. The van der Waals surface area contributed by atoms with Crippen molar-refractivity contribution >= 4 is 5.97 Å². The van der Waals surface area contributed by atoms with E-state index in [0.717, 1.165) is 51.6 Å². The Bertz CT molecular complexity index is 321. The highest BCUT2D eigenvalue weighted by atomic mass is 16.5. The molecule has 1 aliphatic carbocycles. The fraction of sp³-hybridized carbons (Fsp3) is 0.933. The molecule has 0 amide bonds. The van der Waals surface area contributed by atoms with E-state index in [1.807, 2.05) is 0 Å². The van der Waals surface area contributed by atoms with E-state index in [9.17, 15) is 9.90 Å². The summed E-state index contributed by atoms with van der Waals surface area (Å²) in [5.41, 5.74) is -0.104. The zero-order valence-electron chi connectivity index (χ0n) is 12.2. The van der Waals surface area contributed by atoms with Crippen LogP contribution in [0.1, 0.15) is 51.9 Å². The van der Waals surface area contributed by atoms with Crippen molar-refractivity contribution in [3.8, 4) is 0 Å². The molecule has 1 saturated heterocycles. The van der Waals surface area contributed by atoms with E-state index in [-0.39, 0.29) is 17.6 Å². The molecule has 2 fully saturated rings. The Morgan fingerprint density at radius 3 is 2.68 bits per heavy atom. The first kappa shape index (κ1) is 14.8. The predicted molar refractivity (Wildman–Crippen MR) is 74.2 cm³/mol. The standard InChI is InChI=1S/C15H27NO3/c1-15(19-2)9-6-10-16(11-15)13-8-5-3-4-7-12(13)14(17)18/h12-13H,3-11H2,1-2H3,(H,17,18). The highest BCUT2D eigenvalue weighted by Gasteiger charge is 2.39. The topological polar surface area (TPSA) is 49.8 Å². The molecule has 0 aromatic heterocycles. The van der Waals surface area contributed by atoms with Gasteiger partial charge in [-0.2, -0.15) is 0 Å². The molecule has 110 valence electrons. The van der Waals surface area contributed by atoms with E-state index >= 15 is 0 Å². The van der Waals surface area contributed by atoms with Crippen LogP contribution in [0.25, 0.3) is 0 Å². The monoisotopic (exact) mass is 269 g/mol. The van der Waals surface area contributed by atoms with Gasteiger partial charge in [0.1, 0.15) is 0 Å². The van der Waals surface area contributed by atoms with Gasteiger partial charge in [-0.3, -0.25) is 9.69 Å². The molecule has 4 nitrogen and oxygen atoms in total. The first-order valence-electron chi connectivity index (χ1n) is 7.58. The SMILES string of the molecule is COC1(C)CCCN(C2CCCCCC2C(=O)O)C1. The van der Waals surface area contributed by atoms with Crippen LogP contribution >= 0.6 is 0 Å². The molecule has 1 N–H and O–H groups in total. The molecule has 0 radical (unpaired) electrons. The van der Waals surface area contributed by atoms with Crippen molar-refractivity contribution in [2.24, 2.45) is 5.92 Å². The van der Waals surface area contributed by atoms with Crippen LogP contribution < -0.4 is 0 Å². The number of hydrogen-bond acceptors (Lipinski definition) is 3. The van der Waals surface area contributed by atoms with Crippen LogP contribution in [0.3, 0.4) is 0 Å². The van der Waals surface area contributed by atoms with Gasteiger partial charge in [-0.25, -0.2) is 0 Å². The van der Waals surface area contributed by atoms with Crippen LogP contribution in [0.15, 0.2) is 0 Å². The van der Waals surface area contributed by atoms with Gasteiger partial charge >= 0.3 is 5.97 Å². The number of carboxylic acids is 1. The first-order valence-corrected chi connectivity index (χ1v) is 7.58. The third-order valence-electron chi connectivity index (χ3n) is 4.95. The minimum Gasteiger partial charge on any atom is -0.481 e. The van der Waals surface area contributed by atoms with Crippen molar-refractivity contribution in [3.63, 3.8) is 0 Å². The maximum absolute atomic E-state index is 11.5. The molecule has 0 aromatic carbocycles. The lowest BCUT2D eigenvalue weighted by Gasteiger charge is -2.44. The van der Waals surface area contributed by atoms with Gasteiger partial charge in [-0.05, 0) is 39.2 Å². The minimum atomic E-state index is -0.614. The van der Waals surface area contributed by atoms with Gasteiger partial charge in [-0.15, -0.1) is 0 Å². The first-order chi connectivity index (χ1) is 9.06. The Kier molecular flexibility index (Phi) is 4.85. The fourth-order valence-electron chi connectivity index (χ4n) is 3.71. The van der Waals surface area contributed by atoms with Crippen molar-refractivity contribution in [2.45, 2.75) is 63.5 Å². The number of hydrogen-bond donors (Lipinski definition) is 1. The summed E-state index contributed by atoms with van der Waals surface area (Å²) < 4.78 is 5.64. The molecule has 2 rings (SSSR count). The van der Waals surface area contributed by atoms with Crippen LogP contribution in [0, 0.1) is 5.92 Å². The Balaban J connectivity index is 2.10. The smallest absolute Gasteiger partial charge is 0.308 e. The molecule has 3 atom stereocenters. The van der Waals surface area contributed by atoms with Crippen molar-refractivity contribution in [1.29, 1.82) is 0 Å². The van der Waals surface area contributed by atoms with E-state index in [1.165, 1.54) is 6.42 Å². The number of aliphatic carboxylic acids is 1. The van der Waals surface area contributed by atoms with Gasteiger partial charge < -0.3 is 9.84 Å². The maximum Gasteiger partial charge on any atom is 0.308 e. The van der Waals surface area contributed by atoms with E-state index in [0.29, 0.717) is 0 Å². The molecule has 2 aliphatic rings. The molecule has 0 bridgehead atoms. The third-order valence-corrected chi connectivity index (χ3v) is 4.95. The van der Waals surface area contributed by atoms with Gasteiger partial charge in [0.2, 0.25) is 0 Å². The summed E-state index contributed by atoms with van der Waals surface area (Å²) >= 11 is 0. The Morgan fingerprint density at radius 2 is 2.00 bits per heavy atom. The number of rotatable bonds is 3. The summed E-state index contributed by atoms with van der Waals surface area (Å²) in [6.07, 6.45) is 7.43. The van der Waals surface area contributed by atoms with Crippen molar-refractivity contribution < 1.29 is 14.6 Å². The molecule has 0 spiro atoms. The molecule has 19 heavy (non-hydrogen) atoms. The quantitative estimate of drug-likeness (QED) is 0.800. The molecule has 1 saturated carbocycles. The zero-order chi connectivity index (χ0) is 13.9. The van der Waals surface area contributed by atoms with Gasteiger partial charge in [0.15, 0.2) is 0 Å². The lowest BCUT2D eigenvalue weighted by atomic mass is 9.88. The van der Waals surface area contributed by atoms with Gasteiger partial charge in [0.05, 0.1) is 11.5 Å².